The van der Waals surface area contributed by atoms with E-state index in [-0.39, 0.29) is 0 Å². The minimum Gasteiger partial charge on any atom is -0.399 e. The number of benzene rings is 2. The average Bonchev–Trinajstić information content (AvgIpc) is 2.80. The standard InChI is InChI=1S/C17H19N3/c1-11(2)20-16-7-5-4-6-15(16)19-17(20)14-10-13(18)9-8-12(14)3/h4-11H,18H2,1-3H3. The summed E-state index contributed by atoms with van der Waals surface area (Å²) in [6.07, 6.45) is 0. The Morgan fingerprint density at radius 3 is 2.60 bits per heavy atom. The van der Waals surface area contributed by atoms with E-state index in [1.165, 1.54) is 11.1 Å². The average molecular weight is 265 g/mol. The van der Waals surface area contributed by atoms with E-state index >= 15 is 0 Å². The van der Waals surface area contributed by atoms with E-state index in [2.05, 4.69) is 49.6 Å². The molecular weight excluding hydrogens is 246 g/mol. The van der Waals surface area contributed by atoms with Gasteiger partial charge in [-0.25, -0.2) is 4.98 Å². The molecule has 0 saturated carbocycles. The van der Waals surface area contributed by atoms with Crippen molar-refractivity contribution in [2.24, 2.45) is 0 Å². The molecule has 0 bridgehead atoms. The molecule has 20 heavy (non-hydrogen) atoms. The van der Waals surface area contributed by atoms with E-state index in [0.29, 0.717) is 6.04 Å². The molecule has 3 aromatic rings. The van der Waals surface area contributed by atoms with E-state index in [4.69, 9.17) is 10.7 Å². The van der Waals surface area contributed by atoms with Gasteiger partial charge in [-0.3, -0.25) is 0 Å². The normalized spacial score (nSPS) is 11.4. The number of nitrogen functional groups attached to an aromatic ring is 1. The topological polar surface area (TPSA) is 43.8 Å². The molecule has 1 heterocycles. The largest absolute Gasteiger partial charge is 0.399 e. The molecule has 0 spiro atoms. The van der Waals surface area contributed by atoms with Gasteiger partial charge in [-0.2, -0.15) is 0 Å². The molecule has 0 unspecified atom stereocenters. The number of nitrogens with zero attached hydrogens (tertiary/aromatic N) is 2. The minimum atomic E-state index is 0.346. The van der Waals surface area contributed by atoms with Gasteiger partial charge in [0.2, 0.25) is 0 Å². The molecule has 0 saturated heterocycles. The third-order valence-corrected chi connectivity index (χ3v) is 3.61. The summed E-state index contributed by atoms with van der Waals surface area (Å²) in [7, 11) is 0. The number of nitrogens with two attached hydrogens (primary N) is 1. The first kappa shape index (κ1) is 12.7. The summed E-state index contributed by atoms with van der Waals surface area (Å²) in [5.41, 5.74) is 11.2. The molecular formula is C17H19N3. The molecule has 0 aliphatic rings. The fourth-order valence-electron chi connectivity index (χ4n) is 2.64. The zero-order valence-corrected chi connectivity index (χ0v) is 12.1. The molecule has 0 fully saturated rings. The van der Waals surface area contributed by atoms with E-state index in [1.54, 1.807) is 0 Å². The van der Waals surface area contributed by atoms with Crippen LogP contribution in [0.15, 0.2) is 42.5 Å². The van der Waals surface area contributed by atoms with Gasteiger partial charge in [-0.15, -0.1) is 0 Å². The molecule has 3 nitrogen and oxygen atoms in total. The molecule has 2 N–H and O–H groups in total. The monoisotopic (exact) mass is 265 g/mol. The smallest absolute Gasteiger partial charge is 0.141 e. The Morgan fingerprint density at radius 1 is 1.10 bits per heavy atom. The van der Waals surface area contributed by atoms with Crippen molar-refractivity contribution in [1.82, 2.24) is 9.55 Å². The third-order valence-electron chi connectivity index (χ3n) is 3.61. The second kappa shape index (κ2) is 4.67. The summed E-state index contributed by atoms with van der Waals surface area (Å²) in [5, 5.41) is 0. The molecule has 0 atom stereocenters. The Balaban J connectivity index is 2.35. The lowest BCUT2D eigenvalue weighted by Crippen LogP contribution is -2.04. The molecule has 0 aliphatic carbocycles. The predicted molar refractivity (Wildman–Crippen MR) is 84.7 cm³/mol. The van der Waals surface area contributed by atoms with Gasteiger partial charge < -0.3 is 10.3 Å². The first-order chi connectivity index (χ1) is 9.58. The number of aromatic nitrogens is 2. The van der Waals surface area contributed by atoms with Crippen molar-refractivity contribution < 1.29 is 0 Å². The number of aryl methyl sites for hydroxylation is 1. The van der Waals surface area contributed by atoms with Gasteiger partial charge >= 0.3 is 0 Å². The van der Waals surface area contributed by atoms with Crippen LogP contribution in [0.4, 0.5) is 5.69 Å². The van der Waals surface area contributed by atoms with Gasteiger partial charge in [0, 0.05) is 17.3 Å². The lowest BCUT2D eigenvalue weighted by atomic mass is 10.1. The maximum absolute atomic E-state index is 5.95. The first-order valence-electron chi connectivity index (χ1n) is 6.91. The summed E-state index contributed by atoms with van der Waals surface area (Å²) >= 11 is 0. The highest BCUT2D eigenvalue weighted by molar-refractivity contribution is 5.82. The van der Waals surface area contributed by atoms with E-state index < -0.39 is 0 Å². The van der Waals surface area contributed by atoms with Crippen LogP contribution in [0.1, 0.15) is 25.5 Å². The Bertz CT molecular complexity index is 769. The van der Waals surface area contributed by atoms with Crippen LogP contribution >= 0.6 is 0 Å². The van der Waals surface area contributed by atoms with Crippen molar-refractivity contribution in [3.63, 3.8) is 0 Å². The van der Waals surface area contributed by atoms with Crippen molar-refractivity contribution in [3.05, 3.63) is 48.0 Å². The molecule has 3 rings (SSSR count). The van der Waals surface area contributed by atoms with Crippen molar-refractivity contribution >= 4 is 16.7 Å². The molecule has 102 valence electrons. The summed E-state index contributed by atoms with van der Waals surface area (Å²) < 4.78 is 2.27. The van der Waals surface area contributed by atoms with Crippen LogP contribution in [0.5, 0.6) is 0 Å². The number of hydrogen-bond donors (Lipinski definition) is 1. The fourth-order valence-corrected chi connectivity index (χ4v) is 2.64. The Morgan fingerprint density at radius 2 is 1.85 bits per heavy atom. The van der Waals surface area contributed by atoms with Crippen LogP contribution in [0.3, 0.4) is 0 Å². The first-order valence-corrected chi connectivity index (χ1v) is 6.91. The van der Waals surface area contributed by atoms with Crippen molar-refractivity contribution in [3.8, 4) is 11.4 Å². The number of anilines is 1. The van der Waals surface area contributed by atoms with Crippen LogP contribution in [0.2, 0.25) is 0 Å². The number of hydrogen-bond acceptors (Lipinski definition) is 2. The van der Waals surface area contributed by atoms with Gasteiger partial charge in [-0.05, 0) is 50.6 Å². The molecule has 0 amide bonds. The van der Waals surface area contributed by atoms with Crippen LogP contribution in [0, 0.1) is 6.92 Å². The van der Waals surface area contributed by atoms with Crippen molar-refractivity contribution in [1.29, 1.82) is 0 Å². The van der Waals surface area contributed by atoms with Gasteiger partial charge in [0.15, 0.2) is 0 Å². The lowest BCUT2D eigenvalue weighted by molar-refractivity contribution is 0.624. The Hall–Kier alpha value is -2.29. The zero-order valence-electron chi connectivity index (χ0n) is 12.1. The van der Waals surface area contributed by atoms with Crippen LogP contribution in [0.25, 0.3) is 22.4 Å². The highest BCUT2D eigenvalue weighted by atomic mass is 15.1. The van der Waals surface area contributed by atoms with E-state index in [1.807, 2.05) is 18.2 Å². The highest BCUT2D eigenvalue weighted by Crippen LogP contribution is 2.31. The van der Waals surface area contributed by atoms with Crippen LogP contribution in [-0.2, 0) is 0 Å². The fraction of sp³-hybridized carbons (Fsp3) is 0.235. The maximum Gasteiger partial charge on any atom is 0.141 e. The highest BCUT2D eigenvalue weighted by Gasteiger charge is 2.16. The molecule has 0 aliphatic heterocycles. The van der Waals surface area contributed by atoms with Gasteiger partial charge in [0.1, 0.15) is 5.82 Å². The summed E-state index contributed by atoms with van der Waals surface area (Å²) in [5.74, 6) is 0.992. The third kappa shape index (κ3) is 1.95. The quantitative estimate of drug-likeness (QED) is 0.706. The van der Waals surface area contributed by atoms with Gasteiger partial charge in [0.05, 0.1) is 11.0 Å². The zero-order chi connectivity index (χ0) is 14.3. The number of imidazole rings is 1. The lowest BCUT2D eigenvalue weighted by Gasteiger charge is -2.14. The molecule has 2 aromatic carbocycles. The summed E-state index contributed by atoms with van der Waals surface area (Å²) in [6, 6.07) is 14.6. The summed E-state index contributed by atoms with van der Waals surface area (Å²) in [6.45, 7) is 6.46. The Labute approximate surface area is 119 Å². The second-order valence-corrected chi connectivity index (χ2v) is 5.46. The predicted octanol–water partition coefficient (Wildman–Crippen LogP) is 4.17. The van der Waals surface area contributed by atoms with Crippen molar-refractivity contribution in [2.45, 2.75) is 26.8 Å². The SMILES string of the molecule is Cc1ccc(N)cc1-c1nc2ccccc2n1C(C)C. The second-order valence-electron chi connectivity index (χ2n) is 5.46. The molecule has 1 aromatic heterocycles. The van der Waals surface area contributed by atoms with E-state index in [9.17, 15) is 0 Å². The number of fused-ring (bicyclic) bond motifs is 1. The van der Waals surface area contributed by atoms with Crippen molar-refractivity contribution in [2.75, 3.05) is 5.73 Å². The van der Waals surface area contributed by atoms with Gasteiger partial charge in [0.25, 0.3) is 0 Å². The molecule has 0 radical (unpaired) electrons. The summed E-state index contributed by atoms with van der Waals surface area (Å²) in [4.78, 5) is 4.81. The Kier molecular flexibility index (Phi) is 2.97. The minimum absolute atomic E-state index is 0.346. The van der Waals surface area contributed by atoms with E-state index in [0.717, 1.165) is 22.6 Å². The number of rotatable bonds is 2. The van der Waals surface area contributed by atoms with Crippen LogP contribution < -0.4 is 5.73 Å². The molecule has 3 heteroatoms. The maximum atomic E-state index is 5.95. The van der Waals surface area contributed by atoms with Gasteiger partial charge in [-0.1, -0.05) is 18.2 Å². The number of para-hydroxylation sites is 2. The van der Waals surface area contributed by atoms with Crippen LogP contribution in [-0.4, -0.2) is 9.55 Å².